The van der Waals surface area contributed by atoms with Crippen molar-refractivity contribution in [2.24, 2.45) is 0 Å². The number of nitrogens with zero attached hydrogens (tertiary/aromatic N) is 3. The van der Waals surface area contributed by atoms with E-state index in [1.807, 2.05) is 57.2 Å². The van der Waals surface area contributed by atoms with Crippen LogP contribution < -0.4 is 10.6 Å². The van der Waals surface area contributed by atoms with Crippen LogP contribution in [0.5, 0.6) is 0 Å². The number of anilines is 1. The van der Waals surface area contributed by atoms with Crippen LogP contribution in [0, 0.1) is 13.8 Å². The molecule has 0 unspecified atom stereocenters. The Morgan fingerprint density at radius 1 is 1.11 bits per heavy atom. The quantitative estimate of drug-likeness (QED) is 0.654. The summed E-state index contributed by atoms with van der Waals surface area (Å²) in [4.78, 5) is 25.6. The number of carbonyl (C=O) groups excluding carboxylic acids is 1. The highest BCUT2D eigenvalue weighted by Crippen LogP contribution is 2.21. The molecule has 0 bridgehead atoms. The number of hydrogen-bond acceptors (Lipinski definition) is 5. The molecule has 28 heavy (non-hydrogen) atoms. The molecule has 0 saturated carbocycles. The summed E-state index contributed by atoms with van der Waals surface area (Å²) in [7, 11) is 0. The van der Waals surface area contributed by atoms with Gasteiger partial charge in [-0.25, -0.2) is 9.97 Å². The smallest absolute Gasteiger partial charge is 0.251 e. The maximum Gasteiger partial charge on any atom is 0.251 e. The SMILES string of the molecule is CCCNC(=O)c1cccc(CNc2nc(-c3cccnc3)nc(C)c2C)c1. The van der Waals surface area contributed by atoms with Crippen molar-refractivity contribution in [2.75, 3.05) is 11.9 Å². The Balaban J connectivity index is 1.78. The van der Waals surface area contributed by atoms with E-state index in [0.29, 0.717) is 24.5 Å². The van der Waals surface area contributed by atoms with E-state index in [1.165, 1.54) is 0 Å². The summed E-state index contributed by atoms with van der Waals surface area (Å²) in [5, 5.41) is 6.29. The van der Waals surface area contributed by atoms with Crippen LogP contribution in [0.25, 0.3) is 11.4 Å². The van der Waals surface area contributed by atoms with E-state index in [-0.39, 0.29) is 5.91 Å². The number of aryl methyl sites for hydroxylation is 1. The van der Waals surface area contributed by atoms with E-state index in [2.05, 4.69) is 25.6 Å². The third-order valence-electron chi connectivity index (χ3n) is 4.49. The molecular weight excluding hydrogens is 350 g/mol. The first-order valence-corrected chi connectivity index (χ1v) is 9.45. The molecule has 0 radical (unpaired) electrons. The van der Waals surface area contributed by atoms with Gasteiger partial charge in [0.1, 0.15) is 5.82 Å². The molecule has 0 saturated heterocycles. The number of pyridine rings is 1. The second-order valence-corrected chi connectivity index (χ2v) is 6.66. The fourth-order valence-corrected chi connectivity index (χ4v) is 2.77. The van der Waals surface area contributed by atoms with Crippen LogP contribution in [-0.4, -0.2) is 27.4 Å². The van der Waals surface area contributed by atoms with Gasteiger partial charge in [-0.05, 0) is 50.1 Å². The van der Waals surface area contributed by atoms with Crippen molar-refractivity contribution < 1.29 is 4.79 Å². The standard InChI is InChI=1S/C22H25N5O/c1-4-10-24-22(28)18-8-5-7-17(12-18)13-25-20-15(2)16(3)26-21(27-20)19-9-6-11-23-14-19/h5-9,11-12,14H,4,10,13H2,1-3H3,(H,24,28)(H,25,26,27). The van der Waals surface area contributed by atoms with E-state index < -0.39 is 0 Å². The average molecular weight is 375 g/mol. The molecule has 3 rings (SSSR count). The normalized spacial score (nSPS) is 10.5. The van der Waals surface area contributed by atoms with E-state index in [4.69, 9.17) is 0 Å². The minimum absolute atomic E-state index is 0.0448. The first-order chi connectivity index (χ1) is 13.6. The number of hydrogen-bond donors (Lipinski definition) is 2. The lowest BCUT2D eigenvalue weighted by atomic mass is 10.1. The Labute approximate surface area is 165 Å². The van der Waals surface area contributed by atoms with Gasteiger partial charge >= 0.3 is 0 Å². The van der Waals surface area contributed by atoms with Gasteiger partial charge in [0.05, 0.1) is 0 Å². The number of benzene rings is 1. The topological polar surface area (TPSA) is 79.8 Å². The minimum atomic E-state index is -0.0448. The molecule has 0 fully saturated rings. The van der Waals surface area contributed by atoms with Crippen molar-refractivity contribution in [2.45, 2.75) is 33.7 Å². The molecule has 1 aromatic carbocycles. The molecule has 0 aliphatic heterocycles. The molecule has 0 aliphatic rings. The molecule has 3 aromatic rings. The predicted molar refractivity (Wildman–Crippen MR) is 111 cm³/mol. The van der Waals surface area contributed by atoms with Crippen molar-refractivity contribution in [3.63, 3.8) is 0 Å². The van der Waals surface area contributed by atoms with Gasteiger partial charge in [0, 0.05) is 47.9 Å². The lowest BCUT2D eigenvalue weighted by molar-refractivity contribution is 0.0953. The number of carbonyl (C=O) groups is 1. The molecule has 1 amide bonds. The van der Waals surface area contributed by atoms with Crippen LogP contribution in [-0.2, 0) is 6.54 Å². The van der Waals surface area contributed by atoms with Crippen molar-refractivity contribution in [1.82, 2.24) is 20.3 Å². The third-order valence-corrected chi connectivity index (χ3v) is 4.49. The highest BCUT2D eigenvalue weighted by molar-refractivity contribution is 5.94. The Morgan fingerprint density at radius 2 is 1.96 bits per heavy atom. The first kappa shape index (κ1) is 19.5. The van der Waals surface area contributed by atoms with Gasteiger partial charge in [-0.3, -0.25) is 9.78 Å². The fourth-order valence-electron chi connectivity index (χ4n) is 2.77. The Morgan fingerprint density at radius 3 is 2.71 bits per heavy atom. The molecule has 2 N–H and O–H groups in total. The van der Waals surface area contributed by atoms with Crippen LogP contribution >= 0.6 is 0 Å². The van der Waals surface area contributed by atoms with E-state index >= 15 is 0 Å². The zero-order chi connectivity index (χ0) is 19.9. The van der Waals surface area contributed by atoms with Crippen molar-refractivity contribution >= 4 is 11.7 Å². The summed E-state index contributed by atoms with van der Waals surface area (Å²) < 4.78 is 0. The summed E-state index contributed by atoms with van der Waals surface area (Å²) in [6.07, 6.45) is 4.40. The summed E-state index contributed by atoms with van der Waals surface area (Å²) in [6, 6.07) is 11.4. The Bertz CT molecular complexity index is 956. The fraction of sp³-hybridized carbons (Fsp3) is 0.273. The molecular formula is C22H25N5O. The van der Waals surface area contributed by atoms with Crippen LogP contribution in [0.4, 0.5) is 5.82 Å². The van der Waals surface area contributed by atoms with Gasteiger partial charge < -0.3 is 10.6 Å². The molecule has 0 spiro atoms. The molecule has 6 nitrogen and oxygen atoms in total. The predicted octanol–water partition coefficient (Wildman–Crippen LogP) is 3.91. The zero-order valence-corrected chi connectivity index (χ0v) is 16.5. The van der Waals surface area contributed by atoms with Crippen LogP contribution in [0.1, 0.15) is 40.5 Å². The average Bonchev–Trinajstić information content (AvgIpc) is 2.73. The second kappa shape index (κ2) is 9.08. The first-order valence-electron chi connectivity index (χ1n) is 9.45. The Hall–Kier alpha value is -3.28. The van der Waals surface area contributed by atoms with Gasteiger partial charge in [0.15, 0.2) is 5.82 Å². The van der Waals surface area contributed by atoms with Gasteiger partial charge in [-0.15, -0.1) is 0 Å². The summed E-state index contributed by atoms with van der Waals surface area (Å²) in [5.41, 5.74) is 4.49. The number of amides is 1. The lowest BCUT2D eigenvalue weighted by Gasteiger charge is -2.13. The van der Waals surface area contributed by atoms with Crippen molar-refractivity contribution in [1.29, 1.82) is 0 Å². The summed E-state index contributed by atoms with van der Waals surface area (Å²) in [6.45, 7) is 7.25. The van der Waals surface area contributed by atoms with E-state index in [1.54, 1.807) is 12.4 Å². The van der Waals surface area contributed by atoms with E-state index in [0.717, 1.165) is 34.6 Å². The molecule has 6 heteroatoms. The molecule has 2 aromatic heterocycles. The summed E-state index contributed by atoms with van der Waals surface area (Å²) >= 11 is 0. The number of rotatable bonds is 7. The molecule has 144 valence electrons. The van der Waals surface area contributed by atoms with Crippen LogP contribution in [0.2, 0.25) is 0 Å². The van der Waals surface area contributed by atoms with Crippen LogP contribution in [0.3, 0.4) is 0 Å². The minimum Gasteiger partial charge on any atom is -0.366 e. The van der Waals surface area contributed by atoms with Gasteiger partial charge in [-0.2, -0.15) is 0 Å². The largest absolute Gasteiger partial charge is 0.366 e. The number of nitrogens with one attached hydrogen (secondary N) is 2. The molecule has 0 aliphatic carbocycles. The monoisotopic (exact) mass is 375 g/mol. The van der Waals surface area contributed by atoms with Crippen molar-refractivity contribution in [3.8, 4) is 11.4 Å². The highest BCUT2D eigenvalue weighted by atomic mass is 16.1. The van der Waals surface area contributed by atoms with Crippen LogP contribution in [0.15, 0.2) is 48.8 Å². The van der Waals surface area contributed by atoms with E-state index in [9.17, 15) is 4.79 Å². The van der Waals surface area contributed by atoms with Gasteiger partial charge in [0.25, 0.3) is 5.91 Å². The van der Waals surface area contributed by atoms with Gasteiger partial charge in [0.2, 0.25) is 0 Å². The Kier molecular flexibility index (Phi) is 6.32. The zero-order valence-electron chi connectivity index (χ0n) is 16.5. The molecule has 2 heterocycles. The van der Waals surface area contributed by atoms with Gasteiger partial charge in [-0.1, -0.05) is 19.1 Å². The lowest BCUT2D eigenvalue weighted by Crippen LogP contribution is -2.24. The highest BCUT2D eigenvalue weighted by Gasteiger charge is 2.10. The molecule has 0 atom stereocenters. The second-order valence-electron chi connectivity index (χ2n) is 6.66. The maximum absolute atomic E-state index is 12.2. The summed E-state index contributed by atoms with van der Waals surface area (Å²) in [5.74, 6) is 1.38. The third kappa shape index (κ3) is 4.71. The maximum atomic E-state index is 12.2. The number of aromatic nitrogens is 3. The van der Waals surface area contributed by atoms with Crippen molar-refractivity contribution in [3.05, 3.63) is 71.2 Å².